The monoisotopic (exact) mass is 322 g/mol. The predicted octanol–water partition coefficient (Wildman–Crippen LogP) is 1.70. The van der Waals surface area contributed by atoms with E-state index in [1.165, 1.54) is 5.56 Å². The van der Waals surface area contributed by atoms with Crippen molar-refractivity contribution in [3.05, 3.63) is 59.7 Å². The quantitative estimate of drug-likeness (QED) is 0.826. The second kappa shape index (κ2) is 6.17. The summed E-state index contributed by atoms with van der Waals surface area (Å²) in [5.41, 5.74) is 9.52. The lowest BCUT2D eigenvalue weighted by Crippen LogP contribution is -2.55. The average molecular weight is 322 g/mol. The Labute approximate surface area is 142 Å². The van der Waals surface area contributed by atoms with Gasteiger partial charge >= 0.3 is 0 Å². The van der Waals surface area contributed by atoms with Crippen molar-refractivity contribution >= 4 is 17.3 Å². The molecule has 1 atom stereocenters. The molecule has 0 aliphatic carbocycles. The van der Waals surface area contributed by atoms with E-state index >= 15 is 0 Å². The fraction of sp³-hybridized carbons (Fsp3) is 0.316. The number of carbonyl (C=O) groups is 1. The van der Waals surface area contributed by atoms with Crippen molar-refractivity contribution in [1.29, 1.82) is 0 Å². The summed E-state index contributed by atoms with van der Waals surface area (Å²) in [6.45, 7) is 4.47. The van der Waals surface area contributed by atoms with E-state index in [1.54, 1.807) is 6.07 Å². The van der Waals surface area contributed by atoms with E-state index in [4.69, 9.17) is 5.73 Å². The van der Waals surface area contributed by atoms with Gasteiger partial charge < -0.3 is 16.0 Å². The molecule has 2 aliphatic heterocycles. The summed E-state index contributed by atoms with van der Waals surface area (Å²) >= 11 is 0. The first-order valence-electron chi connectivity index (χ1n) is 8.41. The molecule has 0 spiro atoms. The zero-order valence-corrected chi connectivity index (χ0v) is 13.6. The molecule has 3 N–H and O–H groups in total. The van der Waals surface area contributed by atoms with Crippen LogP contribution in [0.1, 0.15) is 15.9 Å². The Hall–Kier alpha value is -2.53. The van der Waals surface area contributed by atoms with Gasteiger partial charge in [0.25, 0.3) is 5.91 Å². The van der Waals surface area contributed by atoms with E-state index in [1.807, 2.05) is 18.2 Å². The maximum Gasteiger partial charge on any atom is 0.253 e. The van der Waals surface area contributed by atoms with Crippen LogP contribution in [0, 0.1) is 0 Å². The number of fused-ring (bicyclic) bond motifs is 3. The van der Waals surface area contributed by atoms with Crippen LogP contribution in [0.25, 0.3) is 0 Å². The Morgan fingerprint density at radius 1 is 1.12 bits per heavy atom. The maximum atomic E-state index is 12.4. The SMILES string of the molecule is Nc1ccc2c(c1)C(=O)NCC1CN(Cc3ccccc3)CCN21. The highest BCUT2D eigenvalue weighted by molar-refractivity contribution is 6.01. The van der Waals surface area contributed by atoms with Gasteiger partial charge in [0, 0.05) is 38.4 Å². The van der Waals surface area contributed by atoms with Gasteiger partial charge in [-0.3, -0.25) is 9.69 Å². The van der Waals surface area contributed by atoms with Gasteiger partial charge in [0.05, 0.1) is 17.3 Å². The summed E-state index contributed by atoms with van der Waals surface area (Å²) < 4.78 is 0. The lowest BCUT2D eigenvalue weighted by molar-refractivity contribution is 0.0952. The highest BCUT2D eigenvalue weighted by Gasteiger charge is 2.32. The van der Waals surface area contributed by atoms with Crippen molar-refractivity contribution in [3.8, 4) is 0 Å². The Morgan fingerprint density at radius 2 is 1.96 bits per heavy atom. The maximum absolute atomic E-state index is 12.4. The number of nitrogens with zero attached hydrogens (tertiary/aromatic N) is 2. The van der Waals surface area contributed by atoms with Crippen molar-refractivity contribution in [1.82, 2.24) is 10.2 Å². The molecule has 1 unspecified atom stereocenters. The molecule has 5 nitrogen and oxygen atoms in total. The number of benzene rings is 2. The Morgan fingerprint density at radius 3 is 2.79 bits per heavy atom. The number of rotatable bonds is 2. The van der Waals surface area contributed by atoms with E-state index < -0.39 is 0 Å². The summed E-state index contributed by atoms with van der Waals surface area (Å²) in [6.07, 6.45) is 0. The van der Waals surface area contributed by atoms with Gasteiger partial charge in [-0.25, -0.2) is 0 Å². The smallest absolute Gasteiger partial charge is 0.253 e. The largest absolute Gasteiger partial charge is 0.399 e. The summed E-state index contributed by atoms with van der Waals surface area (Å²) in [7, 11) is 0. The third kappa shape index (κ3) is 2.83. The first-order chi connectivity index (χ1) is 11.7. The van der Waals surface area contributed by atoms with Gasteiger partial charge in [0.2, 0.25) is 0 Å². The van der Waals surface area contributed by atoms with Crippen molar-refractivity contribution in [2.75, 3.05) is 36.8 Å². The van der Waals surface area contributed by atoms with Crippen LogP contribution in [0.4, 0.5) is 11.4 Å². The number of nitrogens with one attached hydrogen (secondary N) is 1. The summed E-state index contributed by atoms with van der Waals surface area (Å²) in [6, 6.07) is 16.5. The van der Waals surface area contributed by atoms with E-state index in [9.17, 15) is 4.79 Å². The molecular formula is C19H22N4O. The standard InChI is InChI=1S/C19H22N4O/c20-15-6-7-18-17(10-15)19(24)21-11-16-13-22(8-9-23(16)18)12-14-4-2-1-3-5-14/h1-7,10,16H,8-9,11-13,20H2,(H,21,24). The van der Waals surface area contributed by atoms with Crippen molar-refractivity contribution in [2.24, 2.45) is 0 Å². The molecule has 2 heterocycles. The topological polar surface area (TPSA) is 61.6 Å². The Kier molecular flexibility index (Phi) is 3.86. The molecule has 0 bridgehead atoms. The number of carbonyl (C=O) groups excluding carboxylic acids is 1. The van der Waals surface area contributed by atoms with Crippen LogP contribution < -0.4 is 16.0 Å². The molecule has 1 amide bonds. The van der Waals surface area contributed by atoms with Crippen molar-refractivity contribution < 1.29 is 4.79 Å². The number of nitrogens with two attached hydrogens (primary N) is 1. The highest BCUT2D eigenvalue weighted by atomic mass is 16.1. The number of anilines is 2. The minimum Gasteiger partial charge on any atom is -0.399 e. The summed E-state index contributed by atoms with van der Waals surface area (Å²) in [4.78, 5) is 17.2. The number of nitrogen functional groups attached to an aromatic ring is 1. The van der Waals surface area contributed by atoms with Gasteiger partial charge in [-0.15, -0.1) is 0 Å². The summed E-state index contributed by atoms with van der Waals surface area (Å²) in [5.74, 6) is -0.0266. The number of hydrogen-bond donors (Lipinski definition) is 2. The molecule has 24 heavy (non-hydrogen) atoms. The van der Waals surface area contributed by atoms with E-state index in [0.29, 0.717) is 17.8 Å². The Bertz CT molecular complexity index is 746. The van der Waals surface area contributed by atoms with Gasteiger partial charge in [-0.2, -0.15) is 0 Å². The molecule has 2 aliphatic rings. The average Bonchev–Trinajstić information content (AvgIpc) is 2.73. The normalized spacial score (nSPS) is 20.8. The molecule has 1 fully saturated rings. The van der Waals surface area contributed by atoms with Gasteiger partial charge in [0.1, 0.15) is 0 Å². The van der Waals surface area contributed by atoms with E-state index in [2.05, 4.69) is 39.4 Å². The minimum absolute atomic E-state index is 0.0266. The fourth-order valence-electron chi connectivity index (χ4n) is 3.69. The minimum atomic E-state index is -0.0266. The molecule has 124 valence electrons. The Balaban J connectivity index is 1.55. The highest BCUT2D eigenvalue weighted by Crippen LogP contribution is 2.29. The van der Waals surface area contributed by atoms with Crippen LogP contribution in [0.3, 0.4) is 0 Å². The number of amides is 1. The molecule has 0 saturated carbocycles. The lowest BCUT2D eigenvalue weighted by Gasteiger charge is -2.42. The first-order valence-corrected chi connectivity index (χ1v) is 8.41. The van der Waals surface area contributed by atoms with Crippen LogP contribution in [0.2, 0.25) is 0 Å². The van der Waals surface area contributed by atoms with Crippen LogP contribution >= 0.6 is 0 Å². The van der Waals surface area contributed by atoms with Gasteiger partial charge in [0.15, 0.2) is 0 Å². The van der Waals surface area contributed by atoms with Crippen LogP contribution in [-0.2, 0) is 6.54 Å². The molecule has 4 rings (SSSR count). The molecule has 0 aromatic heterocycles. The first kappa shape index (κ1) is 15.0. The number of piperazine rings is 1. The molecule has 1 saturated heterocycles. The second-order valence-corrected chi connectivity index (χ2v) is 6.55. The summed E-state index contributed by atoms with van der Waals surface area (Å²) in [5, 5.41) is 3.05. The molecular weight excluding hydrogens is 300 g/mol. The van der Waals surface area contributed by atoms with Crippen LogP contribution in [0.15, 0.2) is 48.5 Å². The third-order valence-electron chi connectivity index (χ3n) is 4.89. The van der Waals surface area contributed by atoms with Crippen LogP contribution in [0.5, 0.6) is 0 Å². The zero-order chi connectivity index (χ0) is 16.5. The number of hydrogen-bond acceptors (Lipinski definition) is 4. The molecule has 2 aromatic carbocycles. The second-order valence-electron chi connectivity index (χ2n) is 6.55. The molecule has 2 aromatic rings. The van der Waals surface area contributed by atoms with Gasteiger partial charge in [-0.1, -0.05) is 30.3 Å². The van der Waals surface area contributed by atoms with Crippen molar-refractivity contribution in [2.45, 2.75) is 12.6 Å². The van der Waals surface area contributed by atoms with E-state index in [0.717, 1.165) is 31.9 Å². The van der Waals surface area contributed by atoms with Crippen molar-refractivity contribution in [3.63, 3.8) is 0 Å². The predicted molar refractivity (Wildman–Crippen MR) is 96.0 cm³/mol. The zero-order valence-electron chi connectivity index (χ0n) is 13.6. The van der Waals surface area contributed by atoms with Gasteiger partial charge in [-0.05, 0) is 23.8 Å². The van der Waals surface area contributed by atoms with E-state index in [-0.39, 0.29) is 11.9 Å². The fourth-order valence-corrected chi connectivity index (χ4v) is 3.69. The third-order valence-corrected chi connectivity index (χ3v) is 4.89. The van der Waals surface area contributed by atoms with Crippen LogP contribution in [-0.4, -0.2) is 43.0 Å². The molecule has 0 radical (unpaired) electrons. The lowest BCUT2D eigenvalue weighted by atomic mass is 10.1. The molecule has 5 heteroatoms.